The van der Waals surface area contributed by atoms with E-state index in [0.29, 0.717) is 32.9 Å². The fourth-order valence-electron chi connectivity index (χ4n) is 2.96. The van der Waals surface area contributed by atoms with Crippen LogP contribution in [0.5, 0.6) is 0 Å². The fraction of sp³-hybridized carbons (Fsp3) is 0.375. The van der Waals surface area contributed by atoms with Gasteiger partial charge in [0.1, 0.15) is 0 Å². The summed E-state index contributed by atoms with van der Waals surface area (Å²) in [6, 6.07) is 5.04. The van der Waals surface area contributed by atoms with E-state index in [0.717, 1.165) is 19.3 Å². The monoisotopic (exact) mass is 338 g/mol. The number of carbonyl (C=O) groups excluding carboxylic acids is 1. The number of hydrogen-bond acceptors (Lipinski definition) is 3. The summed E-state index contributed by atoms with van der Waals surface area (Å²) in [5.41, 5.74) is 0.941. The molecule has 0 saturated heterocycles. The second-order valence-corrected chi connectivity index (χ2v) is 6.42. The molecule has 1 aromatic carbocycles. The van der Waals surface area contributed by atoms with Gasteiger partial charge in [0.2, 0.25) is 0 Å². The van der Waals surface area contributed by atoms with Gasteiger partial charge < -0.3 is 10.4 Å². The smallest absolute Gasteiger partial charge is 0.253 e. The van der Waals surface area contributed by atoms with Crippen LogP contribution in [-0.2, 0) is 0 Å². The van der Waals surface area contributed by atoms with Crippen LogP contribution in [-0.4, -0.2) is 28.1 Å². The summed E-state index contributed by atoms with van der Waals surface area (Å²) in [6.45, 7) is 0. The molecule has 4 nitrogen and oxygen atoms in total. The summed E-state index contributed by atoms with van der Waals surface area (Å²) in [7, 11) is 0. The topological polar surface area (TPSA) is 62.2 Å². The van der Waals surface area contributed by atoms with Crippen molar-refractivity contribution >= 4 is 40.0 Å². The second-order valence-electron chi connectivity index (χ2n) is 5.61. The van der Waals surface area contributed by atoms with Crippen molar-refractivity contribution in [2.45, 2.75) is 37.8 Å². The molecule has 2 aromatic rings. The van der Waals surface area contributed by atoms with Crippen LogP contribution in [0.2, 0.25) is 10.0 Å². The van der Waals surface area contributed by atoms with Gasteiger partial charge in [-0.1, -0.05) is 29.3 Å². The number of fused-ring (bicyclic) bond motifs is 1. The highest BCUT2D eigenvalue weighted by molar-refractivity contribution is 6.41. The number of carbonyl (C=O) groups is 1. The SMILES string of the molecule is O=C(NC1CCCC(O)C1)c1c(Cl)cc(Cl)c2ncccc12. The molecule has 6 heteroatoms. The Kier molecular flexibility index (Phi) is 4.52. The average Bonchev–Trinajstić information content (AvgIpc) is 2.47. The van der Waals surface area contributed by atoms with Gasteiger partial charge in [-0.2, -0.15) is 0 Å². The van der Waals surface area contributed by atoms with E-state index in [2.05, 4.69) is 10.3 Å². The Hall–Kier alpha value is -1.36. The summed E-state index contributed by atoms with van der Waals surface area (Å²) in [6.07, 6.45) is 4.42. The summed E-state index contributed by atoms with van der Waals surface area (Å²) >= 11 is 12.4. The number of halogens is 2. The van der Waals surface area contributed by atoms with E-state index in [1.54, 1.807) is 24.4 Å². The molecule has 1 heterocycles. The van der Waals surface area contributed by atoms with Crippen molar-refractivity contribution in [3.8, 4) is 0 Å². The molecular formula is C16H16Cl2N2O2. The molecule has 116 valence electrons. The van der Waals surface area contributed by atoms with Gasteiger partial charge in [-0.25, -0.2) is 0 Å². The number of nitrogens with zero attached hydrogens (tertiary/aromatic N) is 1. The number of aromatic nitrogens is 1. The molecule has 1 amide bonds. The molecule has 1 fully saturated rings. The number of hydrogen-bond donors (Lipinski definition) is 2. The summed E-state index contributed by atoms with van der Waals surface area (Å²) in [5, 5.41) is 14.0. The predicted molar refractivity (Wildman–Crippen MR) is 87.5 cm³/mol. The Morgan fingerprint density at radius 2 is 2.14 bits per heavy atom. The van der Waals surface area contributed by atoms with Gasteiger partial charge in [-0.15, -0.1) is 0 Å². The zero-order valence-electron chi connectivity index (χ0n) is 11.9. The van der Waals surface area contributed by atoms with Gasteiger partial charge in [-0.3, -0.25) is 9.78 Å². The third-order valence-corrected chi connectivity index (χ3v) is 4.59. The molecule has 3 rings (SSSR count). The third kappa shape index (κ3) is 3.05. The van der Waals surface area contributed by atoms with Crippen molar-refractivity contribution in [3.05, 3.63) is 40.0 Å². The fourth-order valence-corrected chi connectivity index (χ4v) is 3.57. The number of aliphatic hydroxyl groups excluding tert-OH is 1. The largest absolute Gasteiger partial charge is 0.393 e. The second kappa shape index (κ2) is 6.41. The van der Waals surface area contributed by atoms with Crippen molar-refractivity contribution in [1.82, 2.24) is 10.3 Å². The number of rotatable bonds is 2. The lowest BCUT2D eigenvalue weighted by Gasteiger charge is -2.27. The molecule has 22 heavy (non-hydrogen) atoms. The molecule has 0 bridgehead atoms. The Morgan fingerprint density at radius 1 is 1.32 bits per heavy atom. The van der Waals surface area contributed by atoms with Crippen LogP contribution in [0.25, 0.3) is 10.9 Å². The first kappa shape index (κ1) is 15.5. The molecule has 0 radical (unpaired) electrons. The Balaban J connectivity index is 1.94. The minimum absolute atomic E-state index is 0.0327. The lowest BCUT2D eigenvalue weighted by Crippen LogP contribution is -2.39. The minimum Gasteiger partial charge on any atom is -0.393 e. The number of nitrogens with one attached hydrogen (secondary N) is 1. The van der Waals surface area contributed by atoms with Gasteiger partial charge in [0.25, 0.3) is 5.91 Å². The van der Waals surface area contributed by atoms with Crippen molar-refractivity contribution in [2.75, 3.05) is 0 Å². The number of pyridine rings is 1. The lowest BCUT2D eigenvalue weighted by atomic mass is 9.92. The van der Waals surface area contributed by atoms with Gasteiger partial charge in [0, 0.05) is 17.6 Å². The first-order chi connectivity index (χ1) is 10.6. The number of benzene rings is 1. The summed E-state index contributed by atoms with van der Waals surface area (Å²) < 4.78 is 0. The average molecular weight is 339 g/mol. The molecule has 1 aromatic heterocycles. The maximum Gasteiger partial charge on any atom is 0.253 e. The molecular weight excluding hydrogens is 323 g/mol. The van der Waals surface area contributed by atoms with Crippen molar-refractivity contribution in [3.63, 3.8) is 0 Å². The van der Waals surface area contributed by atoms with E-state index >= 15 is 0 Å². The highest BCUT2D eigenvalue weighted by Gasteiger charge is 2.24. The Morgan fingerprint density at radius 3 is 2.91 bits per heavy atom. The highest BCUT2D eigenvalue weighted by Crippen LogP contribution is 2.31. The summed E-state index contributed by atoms with van der Waals surface area (Å²) in [5.74, 6) is -0.251. The first-order valence-corrected chi connectivity index (χ1v) is 8.03. The van der Waals surface area contributed by atoms with Crippen LogP contribution in [0.15, 0.2) is 24.4 Å². The molecule has 2 unspecified atom stereocenters. The standard InChI is InChI=1S/C16H16Cl2N2O2/c17-12-8-13(18)15-11(5-2-6-19-15)14(12)16(22)20-9-3-1-4-10(21)7-9/h2,5-6,8-10,21H,1,3-4,7H2,(H,20,22). The molecule has 0 spiro atoms. The van der Waals surface area contributed by atoms with Crippen molar-refractivity contribution in [1.29, 1.82) is 0 Å². The molecule has 0 aliphatic heterocycles. The number of amides is 1. The number of aliphatic hydroxyl groups is 1. The van der Waals surface area contributed by atoms with Crippen molar-refractivity contribution < 1.29 is 9.90 Å². The molecule has 1 saturated carbocycles. The zero-order chi connectivity index (χ0) is 15.7. The van der Waals surface area contributed by atoms with Gasteiger partial charge in [-0.05, 0) is 37.8 Å². The third-order valence-electron chi connectivity index (χ3n) is 4.00. The van der Waals surface area contributed by atoms with E-state index in [4.69, 9.17) is 23.2 Å². The predicted octanol–water partition coefficient (Wildman–Crippen LogP) is 3.57. The minimum atomic E-state index is -0.349. The van der Waals surface area contributed by atoms with Gasteiger partial charge in [0.15, 0.2) is 0 Å². The van der Waals surface area contributed by atoms with Crippen LogP contribution < -0.4 is 5.32 Å². The van der Waals surface area contributed by atoms with Gasteiger partial charge >= 0.3 is 0 Å². The van der Waals surface area contributed by atoms with Crippen LogP contribution in [0.4, 0.5) is 0 Å². The maximum atomic E-state index is 12.6. The van der Waals surface area contributed by atoms with Crippen LogP contribution in [0, 0.1) is 0 Å². The zero-order valence-corrected chi connectivity index (χ0v) is 13.4. The van der Waals surface area contributed by atoms with E-state index in [-0.39, 0.29) is 18.1 Å². The lowest BCUT2D eigenvalue weighted by molar-refractivity contribution is 0.0851. The van der Waals surface area contributed by atoms with E-state index in [1.807, 2.05) is 0 Å². The first-order valence-electron chi connectivity index (χ1n) is 7.28. The van der Waals surface area contributed by atoms with Crippen LogP contribution >= 0.6 is 23.2 Å². The quantitative estimate of drug-likeness (QED) is 0.879. The maximum absolute atomic E-state index is 12.6. The normalized spacial score (nSPS) is 21.8. The van der Waals surface area contributed by atoms with Crippen LogP contribution in [0.3, 0.4) is 0 Å². The van der Waals surface area contributed by atoms with E-state index < -0.39 is 0 Å². The highest BCUT2D eigenvalue weighted by atomic mass is 35.5. The Labute approximate surface area is 138 Å². The molecule has 2 N–H and O–H groups in total. The Bertz CT molecular complexity index is 721. The van der Waals surface area contributed by atoms with Crippen LogP contribution in [0.1, 0.15) is 36.0 Å². The molecule has 1 aliphatic rings. The van der Waals surface area contributed by atoms with E-state index in [1.165, 1.54) is 0 Å². The summed E-state index contributed by atoms with van der Waals surface area (Å²) in [4.78, 5) is 16.8. The van der Waals surface area contributed by atoms with E-state index in [9.17, 15) is 9.90 Å². The van der Waals surface area contributed by atoms with Gasteiger partial charge in [0.05, 0.1) is 27.2 Å². The molecule has 2 atom stereocenters. The van der Waals surface area contributed by atoms with Crippen molar-refractivity contribution in [2.24, 2.45) is 0 Å². The molecule has 1 aliphatic carbocycles.